The van der Waals surface area contributed by atoms with Crippen molar-refractivity contribution in [2.45, 2.75) is 25.4 Å². The van der Waals surface area contributed by atoms with Gasteiger partial charge >= 0.3 is 0 Å². The predicted molar refractivity (Wildman–Crippen MR) is 75.0 cm³/mol. The van der Waals surface area contributed by atoms with Crippen LogP contribution in [0.25, 0.3) is 0 Å². The highest BCUT2D eigenvalue weighted by Crippen LogP contribution is 2.19. The minimum Gasteiger partial charge on any atom is -0.381 e. The van der Waals surface area contributed by atoms with E-state index in [2.05, 4.69) is 15.6 Å². The first kappa shape index (κ1) is 11.8. The van der Waals surface area contributed by atoms with E-state index in [0.717, 1.165) is 30.6 Å². The second kappa shape index (κ2) is 5.18. The largest absolute Gasteiger partial charge is 0.381 e. The highest BCUT2D eigenvalue weighted by atomic mass is 16.1. The molecule has 1 aliphatic rings. The van der Waals surface area contributed by atoms with Crippen LogP contribution in [0.3, 0.4) is 0 Å². The third-order valence-electron chi connectivity index (χ3n) is 3.22. The van der Waals surface area contributed by atoms with Crippen LogP contribution in [-0.2, 0) is 6.54 Å². The molecule has 0 radical (unpaired) electrons. The summed E-state index contributed by atoms with van der Waals surface area (Å²) in [4.78, 5) is 14.8. The number of aromatic nitrogens is 1. The highest BCUT2D eigenvalue weighted by Gasteiger charge is 2.23. The molecule has 3 rings (SSSR count). The first-order chi connectivity index (χ1) is 9.31. The van der Waals surface area contributed by atoms with E-state index in [1.54, 1.807) is 0 Å². The number of carbonyl (C=O) groups excluding carboxylic acids is 1. The normalized spacial score (nSPS) is 14.1. The van der Waals surface area contributed by atoms with Gasteiger partial charge in [0.05, 0.1) is 0 Å². The molecule has 0 unspecified atom stereocenters. The quantitative estimate of drug-likeness (QED) is 0.769. The van der Waals surface area contributed by atoms with Crippen LogP contribution < -0.4 is 10.6 Å². The van der Waals surface area contributed by atoms with Gasteiger partial charge in [0.25, 0.3) is 5.91 Å². The summed E-state index contributed by atoms with van der Waals surface area (Å²) in [6, 6.07) is 10.0. The fourth-order valence-corrected chi connectivity index (χ4v) is 1.91. The van der Waals surface area contributed by atoms with Crippen molar-refractivity contribution in [3.05, 3.63) is 53.9 Å². The number of amides is 1. The zero-order valence-electron chi connectivity index (χ0n) is 10.6. The molecule has 1 heterocycles. The first-order valence-corrected chi connectivity index (χ1v) is 6.58. The summed E-state index contributed by atoms with van der Waals surface area (Å²) in [6.45, 7) is 0.775. The molecule has 1 aromatic carbocycles. The second-order valence-electron chi connectivity index (χ2n) is 4.90. The average Bonchev–Trinajstić information content (AvgIpc) is 3.09. The molecule has 0 atom stereocenters. The summed E-state index contributed by atoms with van der Waals surface area (Å²) < 4.78 is 0. The Morgan fingerprint density at radius 3 is 2.63 bits per heavy atom. The molecule has 19 heavy (non-hydrogen) atoms. The molecular weight excluding hydrogens is 238 g/mol. The van der Waals surface area contributed by atoms with Crippen molar-refractivity contribution < 1.29 is 4.79 Å². The number of benzene rings is 1. The molecule has 1 fully saturated rings. The van der Waals surface area contributed by atoms with E-state index in [0.29, 0.717) is 6.04 Å². The average molecular weight is 255 g/mol. The molecule has 4 nitrogen and oxygen atoms in total. The van der Waals surface area contributed by atoms with Crippen molar-refractivity contribution in [2.75, 3.05) is 5.32 Å². The van der Waals surface area contributed by atoms with E-state index >= 15 is 0 Å². The molecule has 4 heteroatoms. The van der Waals surface area contributed by atoms with Gasteiger partial charge in [0.1, 0.15) is 0 Å². The van der Waals surface area contributed by atoms with Crippen LogP contribution >= 0.6 is 0 Å². The summed E-state index contributed by atoms with van der Waals surface area (Å²) in [7, 11) is 0. The summed E-state index contributed by atoms with van der Waals surface area (Å²) in [5, 5.41) is 6.30. The van der Waals surface area contributed by atoms with Crippen LogP contribution in [0.4, 0.5) is 5.69 Å². The van der Waals surface area contributed by atoms with Gasteiger partial charge in [-0.2, -0.15) is 0 Å². The monoisotopic (exact) mass is 255 g/mol. The van der Waals surface area contributed by atoms with Crippen molar-refractivity contribution in [3.8, 4) is 0 Å². The number of aromatic amines is 1. The third-order valence-corrected chi connectivity index (χ3v) is 3.22. The molecule has 0 bridgehead atoms. The molecule has 1 aromatic heterocycles. The molecule has 3 N–H and O–H groups in total. The molecule has 0 spiro atoms. The molecular formula is C15H17N3O. The Hall–Kier alpha value is -2.23. The number of nitrogens with one attached hydrogen (secondary N) is 3. The number of anilines is 1. The highest BCUT2D eigenvalue weighted by molar-refractivity contribution is 5.94. The number of rotatable bonds is 5. The van der Waals surface area contributed by atoms with E-state index < -0.39 is 0 Å². The second-order valence-corrected chi connectivity index (χ2v) is 4.90. The van der Waals surface area contributed by atoms with Crippen LogP contribution in [0.2, 0.25) is 0 Å². The molecule has 98 valence electrons. The Balaban J connectivity index is 1.57. The number of hydrogen-bond acceptors (Lipinski definition) is 2. The Morgan fingerprint density at radius 2 is 2.00 bits per heavy atom. The number of carbonyl (C=O) groups is 1. The van der Waals surface area contributed by atoms with Gasteiger partial charge in [-0.3, -0.25) is 4.79 Å². The minimum absolute atomic E-state index is 0.0275. The lowest BCUT2D eigenvalue weighted by molar-refractivity contribution is 0.0951. The lowest BCUT2D eigenvalue weighted by Gasteiger charge is -2.07. The van der Waals surface area contributed by atoms with Crippen LogP contribution in [0.1, 0.15) is 28.8 Å². The maximum atomic E-state index is 11.8. The maximum absolute atomic E-state index is 11.8. The topological polar surface area (TPSA) is 56.9 Å². The van der Waals surface area contributed by atoms with Crippen LogP contribution in [-0.4, -0.2) is 16.9 Å². The lowest BCUT2D eigenvalue weighted by atomic mass is 10.2. The van der Waals surface area contributed by atoms with E-state index in [-0.39, 0.29) is 5.91 Å². The molecule has 0 aliphatic heterocycles. The molecule has 1 saturated carbocycles. The standard InChI is InChI=1S/C15H17N3O/c19-15(18-14-5-6-14)12-1-3-13(4-2-12)17-10-11-7-8-16-9-11/h1-4,7-9,14,16-17H,5-6,10H2,(H,18,19). The van der Waals surface area contributed by atoms with Crippen molar-refractivity contribution in [2.24, 2.45) is 0 Å². The van der Waals surface area contributed by atoms with Crippen LogP contribution in [0.15, 0.2) is 42.7 Å². The minimum atomic E-state index is 0.0275. The zero-order valence-corrected chi connectivity index (χ0v) is 10.6. The van der Waals surface area contributed by atoms with Gasteiger partial charge in [0.15, 0.2) is 0 Å². The van der Waals surface area contributed by atoms with Gasteiger partial charge in [0, 0.05) is 36.2 Å². The third kappa shape index (κ3) is 3.16. The number of hydrogen-bond donors (Lipinski definition) is 3. The lowest BCUT2D eigenvalue weighted by Crippen LogP contribution is -2.25. The summed E-state index contributed by atoms with van der Waals surface area (Å²) in [5.41, 5.74) is 2.94. The summed E-state index contributed by atoms with van der Waals surface area (Å²) in [6.07, 6.45) is 6.09. The Bertz CT molecular complexity index is 541. The van der Waals surface area contributed by atoms with Crippen LogP contribution in [0.5, 0.6) is 0 Å². The van der Waals surface area contributed by atoms with Gasteiger partial charge < -0.3 is 15.6 Å². The summed E-state index contributed by atoms with van der Waals surface area (Å²) in [5.74, 6) is 0.0275. The Morgan fingerprint density at radius 1 is 1.21 bits per heavy atom. The SMILES string of the molecule is O=C(NC1CC1)c1ccc(NCc2cc[nH]c2)cc1. The van der Waals surface area contributed by atoms with Gasteiger partial charge in [-0.15, -0.1) is 0 Å². The van der Waals surface area contributed by atoms with E-state index in [9.17, 15) is 4.79 Å². The van der Waals surface area contributed by atoms with Crippen LogP contribution in [0, 0.1) is 0 Å². The fraction of sp³-hybridized carbons (Fsp3) is 0.267. The van der Waals surface area contributed by atoms with Gasteiger partial charge in [-0.25, -0.2) is 0 Å². The van der Waals surface area contributed by atoms with Crippen molar-refractivity contribution in [1.29, 1.82) is 0 Å². The molecule has 1 amide bonds. The smallest absolute Gasteiger partial charge is 0.251 e. The fourth-order valence-electron chi connectivity index (χ4n) is 1.91. The van der Waals surface area contributed by atoms with Crippen molar-refractivity contribution in [3.63, 3.8) is 0 Å². The van der Waals surface area contributed by atoms with E-state index in [1.165, 1.54) is 5.56 Å². The van der Waals surface area contributed by atoms with Crippen molar-refractivity contribution in [1.82, 2.24) is 10.3 Å². The van der Waals surface area contributed by atoms with Crippen molar-refractivity contribution >= 4 is 11.6 Å². The van der Waals surface area contributed by atoms with E-state index in [1.807, 2.05) is 42.7 Å². The first-order valence-electron chi connectivity index (χ1n) is 6.58. The molecule has 1 aliphatic carbocycles. The Kier molecular flexibility index (Phi) is 3.23. The molecule has 0 saturated heterocycles. The van der Waals surface area contributed by atoms with Gasteiger partial charge in [0.2, 0.25) is 0 Å². The maximum Gasteiger partial charge on any atom is 0.251 e. The zero-order chi connectivity index (χ0) is 13.1. The molecule has 2 aromatic rings. The van der Waals surface area contributed by atoms with Gasteiger partial charge in [-0.05, 0) is 48.7 Å². The Labute approximate surface area is 112 Å². The number of H-pyrrole nitrogens is 1. The summed E-state index contributed by atoms with van der Waals surface area (Å²) >= 11 is 0. The van der Waals surface area contributed by atoms with Gasteiger partial charge in [-0.1, -0.05) is 0 Å². The predicted octanol–water partition coefficient (Wildman–Crippen LogP) is 2.52. The van der Waals surface area contributed by atoms with E-state index in [4.69, 9.17) is 0 Å².